The van der Waals surface area contributed by atoms with Crippen molar-refractivity contribution in [2.24, 2.45) is 0 Å². The quantitative estimate of drug-likeness (QED) is 0.421. The molecule has 6 rings (SSSR count). The van der Waals surface area contributed by atoms with Crippen LogP contribution >= 0.6 is 0 Å². The molecular formula is C29H27N5O3. The molecule has 37 heavy (non-hydrogen) atoms. The van der Waals surface area contributed by atoms with E-state index in [4.69, 9.17) is 4.98 Å². The molecule has 1 atom stereocenters. The molecule has 2 aliphatic rings. The van der Waals surface area contributed by atoms with E-state index in [9.17, 15) is 14.4 Å². The Morgan fingerprint density at radius 2 is 1.76 bits per heavy atom. The van der Waals surface area contributed by atoms with E-state index >= 15 is 0 Å². The van der Waals surface area contributed by atoms with E-state index in [1.54, 1.807) is 15.9 Å². The molecular weight excluding hydrogens is 466 g/mol. The number of rotatable bonds is 6. The summed E-state index contributed by atoms with van der Waals surface area (Å²) in [7, 11) is 0. The second-order valence-electron chi connectivity index (χ2n) is 9.68. The number of nitrogens with zero attached hydrogens (tertiary/aromatic N) is 4. The number of pyridine rings is 1. The number of imidazole rings is 1. The summed E-state index contributed by atoms with van der Waals surface area (Å²) in [5, 5.41) is 3.05. The number of para-hydroxylation sites is 1. The van der Waals surface area contributed by atoms with Gasteiger partial charge in [-0.2, -0.15) is 0 Å². The third-order valence-electron chi connectivity index (χ3n) is 7.37. The van der Waals surface area contributed by atoms with Gasteiger partial charge in [0.25, 0.3) is 5.91 Å². The van der Waals surface area contributed by atoms with Crippen LogP contribution in [0.4, 0.5) is 11.5 Å². The van der Waals surface area contributed by atoms with Gasteiger partial charge in [0.1, 0.15) is 22.8 Å². The van der Waals surface area contributed by atoms with Gasteiger partial charge < -0.3 is 10.2 Å². The van der Waals surface area contributed by atoms with Crippen LogP contribution in [0.25, 0.3) is 16.9 Å². The fraction of sp³-hybridized carbons (Fsp3) is 0.241. The lowest BCUT2D eigenvalue weighted by Crippen LogP contribution is -2.62. The Balaban J connectivity index is 1.20. The number of fused-ring (bicyclic) bond motifs is 4. The highest BCUT2D eigenvalue weighted by Gasteiger charge is 2.52. The van der Waals surface area contributed by atoms with Gasteiger partial charge in [-0.15, -0.1) is 0 Å². The molecule has 0 aliphatic carbocycles. The van der Waals surface area contributed by atoms with E-state index in [2.05, 4.69) is 5.32 Å². The van der Waals surface area contributed by atoms with Crippen molar-refractivity contribution in [1.82, 2.24) is 14.3 Å². The van der Waals surface area contributed by atoms with Crippen LogP contribution in [0.2, 0.25) is 0 Å². The maximum absolute atomic E-state index is 13.4. The minimum Gasteiger partial charge on any atom is -0.315 e. The monoisotopic (exact) mass is 493 g/mol. The lowest BCUT2D eigenvalue weighted by Gasteiger charge is -2.48. The Kier molecular flexibility index (Phi) is 5.52. The maximum atomic E-state index is 13.4. The van der Waals surface area contributed by atoms with Crippen molar-refractivity contribution < 1.29 is 14.4 Å². The molecule has 1 unspecified atom stereocenters. The Morgan fingerprint density at radius 1 is 1.00 bits per heavy atom. The van der Waals surface area contributed by atoms with Crippen molar-refractivity contribution in [2.75, 3.05) is 16.8 Å². The van der Waals surface area contributed by atoms with Crippen molar-refractivity contribution in [3.05, 3.63) is 84.6 Å². The lowest BCUT2D eigenvalue weighted by atomic mass is 9.98. The highest BCUT2D eigenvalue weighted by atomic mass is 16.2. The van der Waals surface area contributed by atoms with Gasteiger partial charge in [-0.05, 0) is 44.0 Å². The second-order valence-corrected chi connectivity index (χ2v) is 9.68. The number of nitrogens with one attached hydrogen (secondary N) is 1. The molecule has 4 heterocycles. The summed E-state index contributed by atoms with van der Waals surface area (Å²) >= 11 is 0. The normalized spacial score (nSPS) is 18.7. The predicted molar refractivity (Wildman–Crippen MR) is 141 cm³/mol. The molecule has 3 amide bonds. The van der Waals surface area contributed by atoms with Gasteiger partial charge in [0.2, 0.25) is 11.8 Å². The number of anilines is 2. The van der Waals surface area contributed by atoms with Gasteiger partial charge in [0.05, 0.1) is 11.3 Å². The molecule has 0 radical (unpaired) electrons. The molecule has 1 N–H and O–H groups in total. The summed E-state index contributed by atoms with van der Waals surface area (Å²) in [4.78, 5) is 47.5. The maximum Gasteiger partial charge on any atom is 0.257 e. The number of hydrogen-bond acceptors (Lipinski definition) is 4. The SMILES string of the molecule is CC12CCC(=O)N1c1ccccc1C(=O)N2CCCC(=O)Nc1c(-c2ccccc2)nc2ccccn12. The average molecular weight is 494 g/mol. The van der Waals surface area contributed by atoms with Crippen LogP contribution in [-0.4, -0.2) is 44.2 Å². The van der Waals surface area contributed by atoms with Gasteiger partial charge in [-0.1, -0.05) is 48.5 Å². The molecule has 2 aliphatic heterocycles. The molecule has 186 valence electrons. The van der Waals surface area contributed by atoms with Gasteiger partial charge in [-0.3, -0.25) is 23.7 Å². The molecule has 1 fully saturated rings. The standard InChI is InChI=1S/C29H27N5O3/c1-29-17-16-25(36)34(29)22-13-6-5-12-21(22)28(37)33(29)19-9-15-24(35)31-27-26(20-10-3-2-4-11-20)30-23-14-7-8-18-32(23)27/h2-8,10-14,18H,9,15-17,19H2,1H3,(H,31,35). The first-order chi connectivity index (χ1) is 18.0. The number of hydrogen-bond donors (Lipinski definition) is 1. The minimum absolute atomic E-state index is 0.0197. The lowest BCUT2D eigenvalue weighted by molar-refractivity contribution is -0.118. The number of benzene rings is 2. The summed E-state index contributed by atoms with van der Waals surface area (Å²) in [6, 6.07) is 22.7. The molecule has 0 bridgehead atoms. The molecule has 2 aromatic heterocycles. The van der Waals surface area contributed by atoms with Crippen LogP contribution in [-0.2, 0) is 9.59 Å². The van der Waals surface area contributed by atoms with Gasteiger partial charge in [-0.25, -0.2) is 4.98 Å². The number of aromatic nitrogens is 2. The number of carbonyl (C=O) groups excluding carboxylic acids is 3. The third-order valence-corrected chi connectivity index (χ3v) is 7.37. The van der Waals surface area contributed by atoms with E-state index in [0.29, 0.717) is 48.6 Å². The van der Waals surface area contributed by atoms with Crippen molar-refractivity contribution in [3.63, 3.8) is 0 Å². The van der Waals surface area contributed by atoms with Crippen LogP contribution in [0.1, 0.15) is 43.0 Å². The van der Waals surface area contributed by atoms with Gasteiger partial charge in [0.15, 0.2) is 0 Å². The first kappa shape index (κ1) is 23.0. The molecule has 1 saturated heterocycles. The summed E-state index contributed by atoms with van der Waals surface area (Å²) in [5.41, 5.74) is 2.84. The zero-order valence-electron chi connectivity index (χ0n) is 20.6. The predicted octanol–water partition coefficient (Wildman–Crippen LogP) is 4.72. The van der Waals surface area contributed by atoms with Crippen LogP contribution in [0.3, 0.4) is 0 Å². The zero-order valence-corrected chi connectivity index (χ0v) is 20.6. The van der Waals surface area contributed by atoms with E-state index in [1.165, 1.54) is 0 Å². The van der Waals surface area contributed by atoms with E-state index in [1.807, 2.05) is 84.3 Å². The third kappa shape index (κ3) is 3.76. The minimum atomic E-state index is -0.721. The zero-order chi connectivity index (χ0) is 25.6. The summed E-state index contributed by atoms with van der Waals surface area (Å²) in [6.07, 6.45) is 3.53. The fourth-order valence-corrected chi connectivity index (χ4v) is 5.55. The Labute approximate surface area is 214 Å². The number of carbonyl (C=O) groups is 3. The smallest absolute Gasteiger partial charge is 0.257 e. The molecule has 8 nitrogen and oxygen atoms in total. The van der Waals surface area contributed by atoms with Gasteiger partial charge >= 0.3 is 0 Å². The van der Waals surface area contributed by atoms with Crippen molar-refractivity contribution >= 4 is 34.9 Å². The Hall–Kier alpha value is -4.46. The van der Waals surface area contributed by atoms with E-state index in [0.717, 1.165) is 11.2 Å². The average Bonchev–Trinajstić information content (AvgIpc) is 3.44. The topological polar surface area (TPSA) is 87.0 Å². The van der Waals surface area contributed by atoms with E-state index in [-0.39, 0.29) is 24.1 Å². The summed E-state index contributed by atoms with van der Waals surface area (Å²) < 4.78 is 1.87. The molecule has 0 saturated carbocycles. The first-order valence-corrected chi connectivity index (χ1v) is 12.5. The fourth-order valence-electron chi connectivity index (χ4n) is 5.55. The van der Waals surface area contributed by atoms with Crippen LogP contribution in [0.5, 0.6) is 0 Å². The Bertz CT molecular complexity index is 1530. The van der Waals surface area contributed by atoms with Crippen molar-refractivity contribution in [1.29, 1.82) is 0 Å². The van der Waals surface area contributed by atoms with Crippen LogP contribution in [0.15, 0.2) is 79.0 Å². The molecule has 0 spiro atoms. The molecule has 8 heteroatoms. The summed E-state index contributed by atoms with van der Waals surface area (Å²) in [6.45, 7) is 2.32. The molecule has 4 aromatic rings. The van der Waals surface area contributed by atoms with Crippen LogP contribution < -0.4 is 10.2 Å². The number of amides is 3. The largest absolute Gasteiger partial charge is 0.315 e. The van der Waals surface area contributed by atoms with Crippen LogP contribution in [0, 0.1) is 0 Å². The van der Waals surface area contributed by atoms with Crippen molar-refractivity contribution in [2.45, 2.75) is 38.3 Å². The highest BCUT2D eigenvalue weighted by Crippen LogP contribution is 2.44. The van der Waals surface area contributed by atoms with E-state index < -0.39 is 5.66 Å². The first-order valence-electron chi connectivity index (χ1n) is 12.5. The molecule has 2 aromatic carbocycles. The second kappa shape index (κ2) is 8.89. The van der Waals surface area contributed by atoms with Gasteiger partial charge in [0, 0.05) is 31.1 Å². The summed E-state index contributed by atoms with van der Waals surface area (Å²) in [5.74, 6) is 0.385. The Morgan fingerprint density at radius 3 is 2.59 bits per heavy atom. The highest BCUT2D eigenvalue weighted by molar-refractivity contribution is 6.10. The van der Waals surface area contributed by atoms with Crippen molar-refractivity contribution in [3.8, 4) is 11.3 Å².